The van der Waals surface area contributed by atoms with Crippen LogP contribution in [0.25, 0.3) is 0 Å². The molecule has 0 saturated carbocycles. The summed E-state index contributed by atoms with van der Waals surface area (Å²) >= 11 is 1.18. The average Bonchev–Trinajstić information content (AvgIpc) is 2.86. The molecule has 0 radical (unpaired) electrons. The number of carbonyl (C=O) groups excluding carboxylic acids is 2. The van der Waals surface area contributed by atoms with Gasteiger partial charge in [-0.3, -0.25) is 9.59 Å². The van der Waals surface area contributed by atoms with E-state index in [-0.39, 0.29) is 0 Å². The molecule has 2 amide bonds. The number of hydrogen-bond donors (Lipinski definition) is 2. The summed E-state index contributed by atoms with van der Waals surface area (Å²) in [6.45, 7) is 5.51. The number of nitrogens with one attached hydrogen (secondary N) is 2. The van der Waals surface area contributed by atoms with Crippen LogP contribution in [0.4, 0.5) is 13.2 Å². The lowest BCUT2D eigenvalue weighted by Gasteiger charge is -2.33. The number of thiophene rings is 1. The number of hydrogen-bond acceptors (Lipinski definition) is 3. The van der Waals surface area contributed by atoms with Crippen molar-refractivity contribution in [1.29, 1.82) is 0 Å². The van der Waals surface area contributed by atoms with E-state index in [2.05, 4.69) is 5.32 Å². The molecule has 124 valence electrons. The van der Waals surface area contributed by atoms with Gasteiger partial charge in [0.15, 0.2) is 0 Å². The Labute approximate surface area is 131 Å². The van der Waals surface area contributed by atoms with Crippen LogP contribution in [0.3, 0.4) is 0 Å². The van der Waals surface area contributed by atoms with Crippen molar-refractivity contribution in [3.8, 4) is 0 Å². The molecule has 0 aliphatic carbocycles. The molecule has 1 heterocycles. The summed E-state index contributed by atoms with van der Waals surface area (Å²) in [4.78, 5) is 24.1. The molecule has 22 heavy (non-hydrogen) atoms. The van der Waals surface area contributed by atoms with Gasteiger partial charge in [0.1, 0.15) is 12.1 Å². The van der Waals surface area contributed by atoms with Crippen molar-refractivity contribution in [2.45, 2.75) is 46.0 Å². The summed E-state index contributed by atoms with van der Waals surface area (Å²) in [5.41, 5.74) is -1.19. The zero-order valence-electron chi connectivity index (χ0n) is 12.7. The molecule has 0 unspecified atom stereocenters. The van der Waals surface area contributed by atoms with Crippen molar-refractivity contribution < 1.29 is 22.8 Å². The fourth-order valence-corrected chi connectivity index (χ4v) is 2.42. The summed E-state index contributed by atoms with van der Waals surface area (Å²) in [5.74, 6) is -1.36. The van der Waals surface area contributed by atoms with Crippen LogP contribution >= 0.6 is 11.3 Å². The van der Waals surface area contributed by atoms with Crippen LogP contribution in [0.15, 0.2) is 17.5 Å². The average molecular weight is 336 g/mol. The second-order valence-electron chi connectivity index (χ2n) is 6.02. The van der Waals surface area contributed by atoms with E-state index in [9.17, 15) is 22.8 Å². The van der Waals surface area contributed by atoms with Crippen molar-refractivity contribution in [2.24, 2.45) is 5.41 Å². The highest BCUT2D eigenvalue weighted by Crippen LogP contribution is 2.33. The lowest BCUT2D eigenvalue weighted by molar-refractivity contribution is -0.181. The highest BCUT2D eigenvalue weighted by atomic mass is 32.1. The molecular formula is C14H19F3N2O2S. The molecule has 2 N–H and O–H groups in total. The quantitative estimate of drug-likeness (QED) is 0.888. The van der Waals surface area contributed by atoms with Gasteiger partial charge >= 0.3 is 6.18 Å². The SMILES string of the molecule is C[C@@H](NC(=O)c1cccs1)C(=O)N[C@H](C(C)(C)C)C(F)(F)F. The Balaban J connectivity index is 2.72. The second-order valence-corrected chi connectivity index (χ2v) is 6.97. The molecule has 0 bridgehead atoms. The zero-order chi connectivity index (χ0) is 17.1. The fourth-order valence-electron chi connectivity index (χ4n) is 1.80. The first kappa shape index (κ1) is 18.5. The Bertz CT molecular complexity index is 507. The van der Waals surface area contributed by atoms with Crippen molar-refractivity contribution in [1.82, 2.24) is 10.6 Å². The summed E-state index contributed by atoms with van der Waals surface area (Å²) < 4.78 is 39.1. The highest BCUT2D eigenvalue weighted by molar-refractivity contribution is 7.12. The van der Waals surface area contributed by atoms with Crippen molar-refractivity contribution >= 4 is 23.2 Å². The summed E-state index contributed by atoms with van der Waals surface area (Å²) in [6, 6.07) is 0.178. The highest BCUT2D eigenvalue weighted by Gasteiger charge is 2.48. The van der Waals surface area contributed by atoms with Crippen LogP contribution in [0.5, 0.6) is 0 Å². The largest absolute Gasteiger partial charge is 0.409 e. The van der Waals surface area contributed by atoms with Crippen LogP contribution in [0, 0.1) is 5.41 Å². The van der Waals surface area contributed by atoms with Crippen molar-refractivity contribution in [3.63, 3.8) is 0 Å². The van der Waals surface area contributed by atoms with E-state index < -0.39 is 35.5 Å². The second kappa shape index (κ2) is 6.68. The van der Waals surface area contributed by atoms with Gasteiger partial charge in [0.25, 0.3) is 5.91 Å². The molecule has 0 aliphatic heterocycles. The van der Waals surface area contributed by atoms with Crippen LogP contribution in [0.2, 0.25) is 0 Å². The van der Waals surface area contributed by atoms with Gasteiger partial charge in [0.05, 0.1) is 4.88 Å². The first-order valence-electron chi connectivity index (χ1n) is 6.64. The van der Waals surface area contributed by atoms with Crippen LogP contribution < -0.4 is 10.6 Å². The molecule has 4 nitrogen and oxygen atoms in total. The van der Waals surface area contributed by atoms with Gasteiger partial charge in [-0.05, 0) is 23.8 Å². The van der Waals surface area contributed by atoms with Crippen LogP contribution in [0.1, 0.15) is 37.4 Å². The van der Waals surface area contributed by atoms with Gasteiger partial charge in [-0.2, -0.15) is 13.2 Å². The number of halogens is 3. The van der Waals surface area contributed by atoms with Crippen LogP contribution in [-0.4, -0.2) is 30.1 Å². The lowest BCUT2D eigenvalue weighted by atomic mass is 9.86. The smallest absolute Gasteiger partial charge is 0.342 e. The standard InChI is InChI=1S/C14H19F3N2O2S/c1-8(18-11(21)9-6-5-7-22-9)10(20)19-12(13(2,3)4)14(15,16)17/h5-8,12H,1-4H3,(H,18,21)(H,19,20)/t8-,12-/m1/s1. The fraction of sp³-hybridized carbons (Fsp3) is 0.571. The van der Waals surface area contributed by atoms with Gasteiger partial charge in [-0.25, -0.2) is 0 Å². The molecule has 1 aromatic rings. The van der Waals surface area contributed by atoms with Crippen LogP contribution in [-0.2, 0) is 4.79 Å². The maximum absolute atomic E-state index is 13.0. The van der Waals surface area contributed by atoms with Gasteiger partial charge in [0.2, 0.25) is 5.91 Å². The van der Waals surface area contributed by atoms with E-state index in [1.165, 1.54) is 39.0 Å². The third-order valence-electron chi connectivity index (χ3n) is 2.97. The summed E-state index contributed by atoms with van der Waals surface area (Å²) in [7, 11) is 0. The van der Waals surface area contributed by atoms with E-state index in [4.69, 9.17) is 0 Å². The normalized spacial score (nSPS) is 15.0. The van der Waals surface area contributed by atoms with E-state index in [1.807, 2.05) is 5.32 Å². The molecular weight excluding hydrogens is 317 g/mol. The first-order valence-corrected chi connectivity index (χ1v) is 7.52. The Morgan fingerprint density at radius 2 is 1.77 bits per heavy atom. The molecule has 1 aromatic heterocycles. The predicted octanol–water partition coefficient (Wildman–Crippen LogP) is 2.96. The molecule has 0 fully saturated rings. The molecule has 0 saturated heterocycles. The monoisotopic (exact) mass is 336 g/mol. The Hall–Kier alpha value is -1.57. The summed E-state index contributed by atoms with van der Waals surface area (Å²) in [5, 5.41) is 6.05. The molecule has 1 rings (SSSR count). The third kappa shape index (κ3) is 5.01. The number of rotatable bonds is 4. The first-order chi connectivity index (χ1) is 9.93. The van der Waals surface area contributed by atoms with E-state index in [0.29, 0.717) is 4.88 Å². The topological polar surface area (TPSA) is 58.2 Å². The molecule has 0 aliphatic rings. The number of amides is 2. The molecule has 0 spiro atoms. The summed E-state index contributed by atoms with van der Waals surface area (Å²) in [6.07, 6.45) is -4.56. The Morgan fingerprint density at radius 3 is 2.18 bits per heavy atom. The molecule has 8 heteroatoms. The minimum atomic E-state index is -4.56. The zero-order valence-corrected chi connectivity index (χ0v) is 13.6. The van der Waals surface area contributed by atoms with Gasteiger partial charge in [-0.1, -0.05) is 26.8 Å². The van der Waals surface area contributed by atoms with Crippen molar-refractivity contribution in [2.75, 3.05) is 0 Å². The molecule has 2 atom stereocenters. The maximum Gasteiger partial charge on any atom is 0.409 e. The van der Waals surface area contributed by atoms with E-state index in [0.717, 1.165) is 0 Å². The van der Waals surface area contributed by atoms with E-state index >= 15 is 0 Å². The number of carbonyl (C=O) groups is 2. The van der Waals surface area contributed by atoms with Gasteiger partial charge < -0.3 is 10.6 Å². The number of alkyl halides is 3. The van der Waals surface area contributed by atoms with Crippen molar-refractivity contribution in [3.05, 3.63) is 22.4 Å². The van der Waals surface area contributed by atoms with Gasteiger partial charge in [-0.15, -0.1) is 11.3 Å². The van der Waals surface area contributed by atoms with E-state index in [1.54, 1.807) is 17.5 Å². The Kier molecular flexibility index (Phi) is 5.61. The lowest BCUT2D eigenvalue weighted by Crippen LogP contribution is -2.57. The Morgan fingerprint density at radius 1 is 1.18 bits per heavy atom. The third-order valence-corrected chi connectivity index (χ3v) is 3.83. The minimum Gasteiger partial charge on any atom is -0.342 e. The minimum absolute atomic E-state index is 0.392. The maximum atomic E-state index is 13.0. The predicted molar refractivity (Wildman–Crippen MR) is 78.7 cm³/mol. The van der Waals surface area contributed by atoms with Gasteiger partial charge in [0, 0.05) is 0 Å². The molecule has 0 aromatic carbocycles.